The summed E-state index contributed by atoms with van der Waals surface area (Å²) in [5, 5.41) is 5.63. The van der Waals surface area contributed by atoms with Crippen LogP contribution in [0.25, 0.3) is 10.8 Å². The molecule has 122 valence electrons. The average Bonchev–Trinajstić information content (AvgIpc) is 2.55. The number of carbonyl (C=O) groups excluding carboxylic acids is 1. The maximum absolute atomic E-state index is 13.1. The maximum Gasteiger partial charge on any atom is 0.275 e. The largest absolute Gasteiger partial charge is 0.335 e. The average molecular weight is 313 g/mol. The van der Waals surface area contributed by atoms with Gasteiger partial charge in [-0.15, -0.1) is 0 Å². The zero-order chi connectivity index (χ0) is 16.6. The van der Waals surface area contributed by atoms with Crippen LogP contribution in [-0.4, -0.2) is 33.2 Å². The molecule has 0 saturated carbocycles. The molecule has 23 heavy (non-hydrogen) atoms. The molecule has 1 atom stereocenters. The van der Waals surface area contributed by atoms with Crippen LogP contribution >= 0.6 is 0 Å². The van der Waals surface area contributed by atoms with Gasteiger partial charge in [-0.25, -0.2) is 4.68 Å². The van der Waals surface area contributed by atoms with E-state index in [9.17, 15) is 9.59 Å². The third-order valence-electron chi connectivity index (χ3n) is 4.58. The SMILES string of the molecule is CC1CCCCN1C(=O)c1nn(C(C)C)c(=O)c2ccccc12. The Hall–Kier alpha value is -2.17. The van der Waals surface area contributed by atoms with Gasteiger partial charge in [-0.05, 0) is 46.1 Å². The highest BCUT2D eigenvalue weighted by Crippen LogP contribution is 2.22. The van der Waals surface area contributed by atoms with Gasteiger partial charge in [0.15, 0.2) is 5.69 Å². The van der Waals surface area contributed by atoms with Gasteiger partial charge < -0.3 is 4.90 Å². The van der Waals surface area contributed by atoms with Gasteiger partial charge in [0.25, 0.3) is 11.5 Å². The summed E-state index contributed by atoms with van der Waals surface area (Å²) in [6.07, 6.45) is 3.20. The summed E-state index contributed by atoms with van der Waals surface area (Å²) in [6, 6.07) is 7.39. The standard InChI is InChI=1S/C18H23N3O2/c1-12(2)21-17(22)15-10-5-4-9-14(15)16(19-21)18(23)20-11-7-6-8-13(20)3/h4-5,9-10,12-13H,6-8,11H2,1-3H3. The number of piperidine rings is 1. The van der Waals surface area contributed by atoms with Crippen LogP contribution in [-0.2, 0) is 0 Å². The zero-order valence-electron chi connectivity index (χ0n) is 14.0. The molecule has 1 aliphatic heterocycles. The van der Waals surface area contributed by atoms with E-state index in [2.05, 4.69) is 12.0 Å². The lowest BCUT2D eigenvalue weighted by molar-refractivity contribution is 0.0629. The van der Waals surface area contributed by atoms with Gasteiger partial charge in [-0.3, -0.25) is 9.59 Å². The lowest BCUT2D eigenvalue weighted by atomic mass is 10.0. The number of amides is 1. The van der Waals surface area contributed by atoms with Gasteiger partial charge in [0.05, 0.1) is 11.4 Å². The number of rotatable bonds is 2. The van der Waals surface area contributed by atoms with Gasteiger partial charge >= 0.3 is 0 Å². The second kappa shape index (κ2) is 6.14. The van der Waals surface area contributed by atoms with Crippen LogP contribution in [0.15, 0.2) is 29.1 Å². The van der Waals surface area contributed by atoms with E-state index in [-0.39, 0.29) is 23.6 Å². The Morgan fingerprint density at radius 1 is 1.22 bits per heavy atom. The molecular weight excluding hydrogens is 290 g/mol. The number of nitrogens with zero attached hydrogens (tertiary/aromatic N) is 3. The van der Waals surface area contributed by atoms with Crippen molar-refractivity contribution in [1.82, 2.24) is 14.7 Å². The lowest BCUT2D eigenvalue weighted by Gasteiger charge is -2.33. The topological polar surface area (TPSA) is 55.2 Å². The predicted molar refractivity (Wildman–Crippen MR) is 90.7 cm³/mol. The molecule has 1 aromatic heterocycles. The molecule has 1 aromatic carbocycles. The van der Waals surface area contributed by atoms with Crippen molar-refractivity contribution < 1.29 is 4.79 Å². The van der Waals surface area contributed by atoms with Crippen molar-refractivity contribution in [3.8, 4) is 0 Å². The zero-order valence-corrected chi connectivity index (χ0v) is 14.0. The molecule has 1 saturated heterocycles. The molecule has 1 fully saturated rings. The fraction of sp³-hybridized carbons (Fsp3) is 0.500. The second-order valence-electron chi connectivity index (χ2n) is 6.58. The third-order valence-corrected chi connectivity index (χ3v) is 4.58. The Balaban J connectivity index is 2.18. The molecule has 0 radical (unpaired) electrons. The lowest BCUT2D eigenvalue weighted by Crippen LogP contribution is -2.43. The molecule has 2 aromatic rings. The number of fused-ring (bicyclic) bond motifs is 1. The van der Waals surface area contributed by atoms with Gasteiger partial charge in [0.2, 0.25) is 0 Å². The molecule has 1 unspecified atom stereocenters. The van der Waals surface area contributed by atoms with E-state index >= 15 is 0 Å². The summed E-state index contributed by atoms with van der Waals surface area (Å²) >= 11 is 0. The van der Waals surface area contributed by atoms with Crippen LogP contribution in [0.5, 0.6) is 0 Å². The van der Waals surface area contributed by atoms with E-state index in [4.69, 9.17) is 0 Å². The first-order valence-electron chi connectivity index (χ1n) is 8.33. The van der Waals surface area contributed by atoms with E-state index in [0.717, 1.165) is 25.8 Å². The molecular formula is C18H23N3O2. The number of hydrogen-bond acceptors (Lipinski definition) is 3. The predicted octanol–water partition coefficient (Wildman–Crippen LogP) is 2.99. The van der Waals surface area contributed by atoms with Crippen molar-refractivity contribution in [2.75, 3.05) is 6.54 Å². The van der Waals surface area contributed by atoms with Crippen molar-refractivity contribution in [3.63, 3.8) is 0 Å². The minimum absolute atomic E-state index is 0.0669. The van der Waals surface area contributed by atoms with E-state index in [1.807, 2.05) is 36.9 Å². The molecule has 1 aliphatic rings. The minimum Gasteiger partial charge on any atom is -0.335 e. The third kappa shape index (κ3) is 2.76. The molecule has 1 amide bonds. The Morgan fingerprint density at radius 3 is 2.57 bits per heavy atom. The summed E-state index contributed by atoms with van der Waals surface area (Å²) in [5.74, 6) is -0.0669. The summed E-state index contributed by atoms with van der Waals surface area (Å²) in [4.78, 5) is 27.5. The molecule has 0 aliphatic carbocycles. The number of likely N-dealkylation sites (tertiary alicyclic amines) is 1. The summed E-state index contributed by atoms with van der Waals surface area (Å²) < 4.78 is 1.42. The molecule has 5 heteroatoms. The summed E-state index contributed by atoms with van der Waals surface area (Å²) in [5.41, 5.74) is 0.251. The van der Waals surface area contributed by atoms with E-state index < -0.39 is 0 Å². The van der Waals surface area contributed by atoms with Crippen LogP contribution in [0.4, 0.5) is 0 Å². The van der Waals surface area contributed by atoms with Crippen LogP contribution < -0.4 is 5.56 Å². The van der Waals surface area contributed by atoms with Crippen LogP contribution in [0.3, 0.4) is 0 Å². The molecule has 3 rings (SSSR count). The Labute approximate surface area is 135 Å². The molecule has 0 bridgehead atoms. The van der Waals surface area contributed by atoms with Gasteiger partial charge in [-0.1, -0.05) is 18.2 Å². The first-order valence-corrected chi connectivity index (χ1v) is 8.33. The van der Waals surface area contributed by atoms with Crippen LogP contribution in [0, 0.1) is 0 Å². The number of carbonyl (C=O) groups is 1. The minimum atomic E-state index is -0.140. The van der Waals surface area contributed by atoms with Gasteiger partial charge in [0.1, 0.15) is 0 Å². The van der Waals surface area contributed by atoms with Gasteiger partial charge in [0, 0.05) is 18.0 Å². The smallest absolute Gasteiger partial charge is 0.275 e. The van der Waals surface area contributed by atoms with E-state index in [0.29, 0.717) is 16.5 Å². The quantitative estimate of drug-likeness (QED) is 0.856. The summed E-state index contributed by atoms with van der Waals surface area (Å²) in [7, 11) is 0. The number of aromatic nitrogens is 2. The van der Waals surface area contributed by atoms with E-state index in [1.165, 1.54) is 4.68 Å². The molecule has 0 spiro atoms. The normalized spacial score (nSPS) is 18.6. The highest BCUT2D eigenvalue weighted by atomic mass is 16.2. The van der Waals surface area contributed by atoms with Crippen LogP contribution in [0.2, 0.25) is 0 Å². The summed E-state index contributed by atoms with van der Waals surface area (Å²) in [6.45, 7) is 6.65. The van der Waals surface area contributed by atoms with E-state index in [1.54, 1.807) is 6.07 Å². The monoisotopic (exact) mass is 313 g/mol. The highest BCUT2D eigenvalue weighted by molar-refractivity contribution is 6.04. The van der Waals surface area contributed by atoms with Crippen molar-refractivity contribution in [2.45, 2.75) is 52.1 Å². The fourth-order valence-electron chi connectivity index (χ4n) is 3.25. The number of benzene rings is 1. The van der Waals surface area contributed by atoms with Crippen molar-refractivity contribution in [1.29, 1.82) is 0 Å². The Kier molecular flexibility index (Phi) is 4.20. The first-order chi connectivity index (χ1) is 11.0. The molecule has 0 N–H and O–H groups in total. The Bertz CT molecular complexity index is 794. The fourth-order valence-corrected chi connectivity index (χ4v) is 3.25. The van der Waals surface area contributed by atoms with Gasteiger partial charge in [-0.2, -0.15) is 5.10 Å². The van der Waals surface area contributed by atoms with Crippen molar-refractivity contribution >= 4 is 16.7 Å². The van der Waals surface area contributed by atoms with Crippen molar-refractivity contribution in [2.24, 2.45) is 0 Å². The maximum atomic E-state index is 13.1. The number of hydrogen-bond donors (Lipinski definition) is 0. The highest BCUT2D eigenvalue weighted by Gasteiger charge is 2.27. The Morgan fingerprint density at radius 2 is 1.91 bits per heavy atom. The second-order valence-corrected chi connectivity index (χ2v) is 6.58. The van der Waals surface area contributed by atoms with Crippen molar-refractivity contribution in [3.05, 3.63) is 40.3 Å². The first kappa shape index (κ1) is 15.7. The molecule has 2 heterocycles. The molecule has 5 nitrogen and oxygen atoms in total. The van der Waals surface area contributed by atoms with Crippen LogP contribution in [0.1, 0.15) is 56.6 Å².